The number of methoxy groups -OCH3 is 1. The highest BCUT2D eigenvalue weighted by atomic mass is 32.2. The number of ether oxygens (including phenoxy) is 2. The van der Waals surface area contributed by atoms with E-state index in [1.165, 1.54) is 18.2 Å². The molecule has 0 radical (unpaired) electrons. The molecule has 14 nitrogen and oxygen atoms in total. The Morgan fingerprint density at radius 3 is 2.50 bits per heavy atom. The molecule has 1 aromatic carbocycles. The normalized spacial score (nSPS) is 31.6. The molecule has 2 aliphatic heterocycles. The monoisotopic (exact) mass is 711 g/mol. The number of benzene rings is 1. The number of amides is 4. The fraction of sp³-hybridized carbons (Fsp3) is 0.571. The lowest BCUT2D eigenvalue weighted by atomic mass is 9.92. The number of fused-ring (bicyclic) bond motifs is 3. The van der Waals surface area contributed by atoms with Crippen LogP contribution in [-0.4, -0.2) is 89.4 Å². The van der Waals surface area contributed by atoms with Crippen molar-refractivity contribution in [3.63, 3.8) is 0 Å². The van der Waals surface area contributed by atoms with Gasteiger partial charge in [-0.1, -0.05) is 50.6 Å². The SMILES string of the molecule is COc1cnc(O[C@@H]2C[C@H]3C(=O)N[C@]4(C(=O)NS(=O)(=O)C5(C)CC5)C[C@H]4/C=C\[C@H](C)CCC[C@@H](C)[C@H](NC(=O)O)C(=O)N3C2)c2ccccc12. The van der Waals surface area contributed by atoms with E-state index in [0.29, 0.717) is 36.8 Å². The molecule has 2 aliphatic carbocycles. The van der Waals surface area contributed by atoms with E-state index in [4.69, 9.17) is 9.47 Å². The minimum absolute atomic E-state index is 0.0133. The Morgan fingerprint density at radius 2 is 1.82 bits per heavy atom. The first-order valence-electron chi connectivity index (χ1n) is 17.1. The van der Waals surface area contributed by atoms with Crippen LogP contribution in [0, 0.1) is 17.8 Å². The number of carbonyl (C=O) groups is 4. The third-order valence-electron chi connectivity index (χ3n) is 10.8. The molecule has 2 aromatic rings. The highest BCUT2D eigenvalue weighted by molar-refractivity contribution is 7.91. The van der Waals surface area contributed by atoms with Crippen molar-refractivity contribution in [3.8, 4) is 11.6 Å². The zero-order chi connectivity index (χ0) is 36.0. The predicted octanol–water partition coefficient (Wildman–Crippen LogP) is 3.11. The number of carboxylic acid groups (broad SMARTS) is 1. The number of nitrogens with zero attached hydrogens (tertiary/aromatic N) is 2. The molecular weight excluding hydrogens is 666 g/mol. The third kappa shape index (κ3) is 6.83. The number of pyridine rings is 1. The van der Waals surface area contributed by atoms with Crippen LogP contribution >= 0.6 is 0 Å². The van der Waals surface area contributed by atoms with Crippen LogP contribution in [0.15, 0.2) is 42.6 Å². The zero-order valence-electron chi connectivity index (χ0n) is 28.7. The van der Waals surface area contributed by atoms with E-state index >= 15 is 0 Å². The largest absolute Gasteiger partial charge is 0.494 e. The number of nitrogens with one attached hydrogen (secondary N) is 3. The van der Waals surface area contributed by atoms with Gasteiger partial charge < -0.3 is 30.1 Å². The average Bonchev–Trinajstić information content (AvgIpc) is 3.95. The van der Waals surface area contributed by atoms with E-state index in [0.717, 1.165) is 11.8 Å². The van der Waals surface area contributed by atoms with Crippen LogP contribution in [-0.2, 0) is 24.4 Å². The summed E-state index contributed by atoms with van der Waals surface area (Å²) >= 11 is 0. The van der Waals surface area contributed by atoms with Crippen molar-refractivity contribution in [2.75, 3.05) is 13.7 Å². The molecule has 1 aromatic heterocycles. The first-order chi connectivity index (χ1) is 23.7. The van der Waals surface area contributed by atoms with Gasteiger partial charge in [-0.2, -0.15) is 0 Å². The Balaban J connectivity index is 1.34. The average molecular weight is 712 g/mol. The standard InChI is InChI=1S/C35H45N5O9S/c1-20-8-7-9-21(2)28(37-33(44)45)31(42)40-19-23(49-30-25-11-6-5-10-24(25)27(48-4)18-36-30)16-26(40)29(41)38-35(17-22(35)13-12-20)32(43)39-50(46,47)34(3)14-15-34/h5-6,10-13,18,20-23,26,28,37H,7-9,14-17,19H2,1-4H3,(H,38,41)(H,39,43)(H,44,45)/b13-12-/t20-,21-,22-,23-,26+,28+,35-/m1/s1. The number of hydrogen-bond acceptors (Lipinski definition) is 9. The van der Waals surface area contributed by atoms with Crippen LogP contribution in [0.25, 0.3) is 10.8 Å². The highest BCUT2D eigenvalue weighted by Crippen LogP contribution is 2.48. The van der Waals surface area contributed by atoms with Crippen molar-refractivity contribution < 1.29 is 42.2 Å². The molecule has 4 N–H and O–H groups in total. The molecule has 3 heterocycles. The Kier molecular flexibility index (Phi) is 9.48. The predicted molar refractivity (Wildman–Crippen MR) is 183 cm³/mol. The van der Waals surface area contributed by atoms with Crippen molar-refractivity contribution in [2.24, 2.45) is 17.8 Å². The summed E-state index contributed by atoms with van der Waals surface area (Å²) in [7, 11) is -2.46. The van der Waals surface area contributed by atoms with Gasteiger partial charge in [0.2, 0.25) is 27.7 Å². The Hall–Kier alpha value is -4.40. The lowest BCUT2D eigenvalue weighted by Crippen LogP contribution is -2.59. The molecule has 15 heteroatoms. The van der Waals surface area contributed by atoms with Gasteiger partial charge in [0.15, 0.2) is 0 Å². The van der Waals surface area contributed by atoms with Crippen molar-refractivity contribution in [2.45, 2.75) is 94.2 Å². The summed E-state index contributed by atoms with van der Waals surface area (Å²) in [5.74, 6) is -2.03. The smallest absolute Gasteiger partial charge is 0.405 e. The molecule has 0 unspecified atom stereocenters. The van der Waals surface area contributed by atoms with Crippen molar-refractivity contribution in [1.29, 1.82) is 0 Å². The van der Waals surface area contributed by atoms with Crippen molar-refractivity contribution in [1.82, 2.24) is 25.2 Å². The summed E-state index contributed by atoms with van der Waals surface area (Å²) in [6, 6.07) is 5.05. The maximum Gasteiger partial charge on any atom is 0.405 e. The van der Waals surface area contributed by atoms with Crippen LogP contribution in [0.2, 0.25) is 0 Å². The zero-order valence-corrected chi connectivity index (χ0v) is 29.5. The minimum atomic E-state index is -4.00. The summed E-state index contributed by atoms with van der Waals surface area (Å²) in [4.78, 5) is 60.0. The lowest BCUT2D eigenvalue weighted by Gasteiger charge is -2.31. The number of rotatable bonds is 7. The summed E-state index contributed by atoms with van der Waals surface area (Å²) in [6.07, 6.45) is 6.30. The maximum atomic E-state index is 14.3. The number of allylic oxidation sites excluding steroid dienone is 1. The van der Waals surface area contributed by atoms with Gasteiger partial charge in [0.1, 0.15) is 29.5 Å². The summed E-state index contributed by atoms with van der Waals surface area (Å²) in [6.45, 7) is 5.33. The molecule has 3 fully saturated rings. The number of carbonyl (C=O) groups excluding carboxylic acids is 3. The van der Waals surface area contributed by atoms with Crippen molar-refractivity contribution in [3.05, 3.63) is 42.6 Å². The first-order valence-corrected chi connectivity index (χ1v) is 18.6. The first kappa shape index (κ1) is 35.4. The highest BCUT2D eigenvalue weighted by Gasteiger charge is 2.63. The second-order valence-electron chi connectivity index (χ2n) is 14.5. The van der Waals surface area contributed by atoms with Crippen molar-refractivity contribution >= 4 is 44.6 Å². The maximum absolute atomic E-state index is 14.3. The van der Waals surface area contributed by atoms with Crippen LogP contribution in [0.4, 0.5) is 4.79 Å². The fourth-order valence-electron chi connectivity index (χ4n) is 7.10. The molecular formula is C35H45N5O9S. The van der Waals surface area contributed by atoms with Crippen LogP contribution in [0.3, 0.4) is 0 Å². The second kappa shape index (κ2) is 13.4. The lowest BCUT2D eigenvalue weighted by molar-refractivity contribution is -0.142. The molecule has 2 saturated carbocycles. The van der Waals surface area contributed by atoms with Gasteiger partial charge in [0.05, 0.1) is 24.6 Å². The summed E-state index contributed by atoms with van der Waals surface area (Å²) in [5.41, 5.74) is -1.54. The van der Waals surface area contributed by atoms with Gasteiger partial charge in [-0.25, -0.2) is 18.2 Å². The van der Waals surface area contributed by atoms with E-state index in [1.54, 1.807) is 13.8 Å². The molecule has 6 rings (SSSR count). The topological polar surface area (TPSA) is 193 Å². The molecule has 0 spiro atoms. The van der Waals surface area contributed by atoms with Crippen LogP contribution < -0.4 is 24.8 Å². The van der Waals surface area contributed by atoms with E-state index in [9.17, 15) is 32.7 Å². The minimum Gasteiger partial charge on any atom is -0.494 e. The Labute approximate surface area is 291 Å². The van der Waals surface area contributed by atoms with Gasteiger partial charge in [0.25, 0.3) is 5.91 Å². The summed E-state index contributed by atoms with van der Waals surface area (Å²) in [5, 5.41) is 16.4. The molecule has 50 heavy (non-hydrogen) atoms. The van der Waals surface area contributed by atoms with Gasteiger partial charge in [-0.05, 0) is 56.9 Å². The molecule has 7 atom stereocenters. The fourth-order valence-corrected chi connectivity index (χ4v) is 8.42. The van der Waals surface area contributed by atoms with E-state index in [1.807, 2.05) is 43.3 Å². The molecule has 270 valence electrons. The van der Waals surface area contributed by atoms with E-state index in [-0.39, 0.29) is 31.2 Å². The molecule has 0 bridgehead atoms. The third-order valence-corrected chi connectivity index (χ3v) is 12.9. The number of aromatic nitrogens is 1. The van der Waals surface area contributed by atoms with Gasteiger partial charge in [0, 0.05) is 23.1 Å². The number of sulfonamides is 1. The number of hydrogen-bond donors (Lipinski definition) is 4. The second-order valence-corrected chi connectivity index (χ2v) is 16.7. The van der Waals surface area contributed by atoms with Gasteiger partial charge in [-0.15, -0.1) is 0 Å². The van der Waals surface area contributed by atoms with E-state index < -0.39 is 74.1 Å². The van der Waals surface area contributed by atoms with Crippen LogP contribution in [0.1, 0.15) is 65.7 Å². The quantitative estimate of drug-likeness (QED) is 0.310. The Morgan fingerprint density at radius 1 is 1.10 bits per heavy atom. The summed E-state index contributed by atoms with van der Waals surface area (Å²) < 4.78 is 39.2. The Bertz CT molecular complexity index is 1830. The van der Waals surface area contributed by atoms with E-state index in [2.05, 4.69) is 20.3 Å². The van der Waals surface area contributed by atoms with Gasteiger partial charge in [-0.3, -0.25) is 19.1 Å². The molecule has 4 aliphatic rings. The molecule has 1 saturated heterocycles. The van der Waals surface area contributed by atoms with Crippen LogP contribution in [0.5, 0.6) is 11.6 Å². The molecule has 4 amide bonds. The van der Waals surface area contributed by atoms with Gasteiger partial charge >= 0.3 is 6.09 Å².